The minimum absolute atomic E-state index is 0.274. The van der Waals surface area contributed by atoms with Crippen LogP contribution in [-0.2, 0) is 11.8 Å². The number of rotatable bonds is 6. The normalized spacial score (nSPS) is 17.5. The number of para-hydroxylation sites is 1. The number of aliphatic hydroxyl groups is 1. The number of alkyl halides is 3. The lowest BCUT2D eigenvalue weighted by molar-refractivity contribution is -0.137. The number of hydrogen-bond acceptors (Lipinski definition) is 3. The highest BCUT2D eigenvalue weighted by molar-refractivity contribution is 6.31. The van der Waals surface area contributed by atoms with Gasteiger partial charge in [-0.05, 0) is 49.1 Å². The van der Waals surface area contributed by atoms with Crippen molar-refractivity contribution in [2.24, 2.45) is 0 Å². The van der Waals surface area contributed by atoms with Gasteiger partial charge in [0, 0.05) is 19.6 Å². The van der Waals surface area contributed by atoms with Gasteiger partial charge < -0.3 is 14.7 Å². The summed E-state index contributed by atoms with van der Waals surface area (Å²) in [5.41, 5.74) is -1.89. The van der Waals surface area contributed by atoms with E-state index in [2.05, 4.69) is 4.90 Å². The SMILES string of the molecule is OC1(c2ccc(Cl)c(C(F)(F)F)c2)CCN(CCCOc2ccccc2)CC1. The van der Waals surface area contributed by atoms with Crippen LogP contribution in [0.25, 0.3) is 0 Å². The van der Waals surface area contributed by atoms with Crippen LogP contribution in [0.1, 0.15) is 30.4 Å². The highest BCUT2D eigenvalue weighted by atomic mass is 35.5. The molecule has 2 aromatic carbocycles. The molecule has 0 aliphatic carbocycles. The fraction of sp³-hybridized carbons (Fsp3) is 0.429. The van der Waals surface area contributed by atoms with E-state index in [0.717, 1.165) is 24.8 Å². The van der Waals surface area contributed by atoms with Crippen LogP contribution in [0.3, 0.4) is 0 Å². The second kappa shape index (κ2) is 8.72. The lowest BCUT2D eigenvalue weighted by Crippen LogP contribution is -2.43. The maximum atomic E-state index is 13.1. The molecule has 0 atom stereocenters. The zero-order valence-corrected chi connectivity index (χ0v) is 16.1. The van der Waals surface area contributed by atoms with E-state index in [0.29, 0.717) is 32.5 Å². The standard InChI is InChI=1S/C21H23ClF3NO2/c22-19-8-7-16(15-18(19)21(23,24)25)20(27)9-12-26(13-10-20)11-4-14-28-17-5-2-1-3-6-17/h1-3,5-8,15,27H,4,9-14H2. The predicted octanol–water partition coefficient (Wildman–Crippen LogP) is 5.11. The van der Waals surface area contributed by atoms with Crippen LogP contribution in [0.15, 0.2) is 48.5 Å². The van der Waals surface area contributed by atoms with Crippen molar-refractivity contribution in [1.29, 1.82) is 0 Å². The molecular weight excluding hydrogens is 391 g/mol. The van der Waals surface area contributed by atoms with Crippen molar-refractivity contribution in [3.05, 3.63) is 64.7 Å². The first-order chi connectivity index (χ1) is 13.3. The van der Waals surface area contributed by atoms with E-state index < -0.39 is 17.3 Å². The number of benzene rings is 2. The quantitative estimate of drug-likeness (QED) is 0.668. The highest BCUT2D eigenvalue weighted by Gasteiger charge is 2.38. The van der Waals surface area contributed by atoms with Gasteiger partial charge in [0.1, 0.15) is 5.75 Å². The molecule has 1 heterocycles. The molecule has 0 spiro atoms. The van der Waals surface area contributed by atoms with Gasteiger partial charge in [-0.25, -0.2) is 0 Å². The first-order valence-electron chi connectivity index (χ1n) is 9.28. The van der Waals surface area contributed by atoms with Gasteiger partial charge in [0.2, 0.25) is 0 Å². The average molecular weight is 414 g/mol. The molecule has 7 heteroatoms. The number of nitrogens with zero attached hydrogens (tertiary/aromatic N) is 1. The molecule has 0 amide bonds. The second-order valence-corrected chi connectivity index (χ2v) is 7.49. The zero-order valence-electron chi connectivity index (χ0n) is 15.4. The number of likely N-dealkylation sites (tertiary alicyclic amines) is 1. The predicted molar refractivity (Wildman–Crippen MR) is 103 cm³/mol. The molecule has 1 N–H and O–H groups in total. The molecule has 1 saturated heterocycles. The number of ether oxygens (including phenoxy) is 1. The van der Waals surface area contributed by atoms with E-state index in [1.54, 1.807) is 0 Å². The van der Waals surface area contributed by atoms with E-state index in [4.69, 9.17) is 16.3 Å². The smallest absolute Gasteiger partial charge is 0.417 e. The number of hydrogen-bond donors (Lipinski definition) is 1. The summed E-state index contributed by atoms with van der Waals surface area (Å²) in [5, 5.41) is 10.5. The Morgan fingerprint density at radius 3 is 2.39 bits per heavy atom. The van der Waals surface area contributed by atoms with Gasteiger partial charge in [-0.3, -0.25) is 0 Å². The molecule has 0 aromatic heterocycles. The summed E-state index contributed by atoms with van der Waals surface area (Å²) < 4.78 is 44.9. The van der Waals surface area contributed by atoms with E-state index in [9.17, 15) is 18.3 Å². The molecule has 0 bridgehead atoms. The van der Waals surface area contributed by atoms with Crippen molar-refractivity contribution in [3.63, 3.8) is 0 Å². The number of piperidine rings is 1. The van der Waals surface area contributed by atoms with Gasteiger partial charge in [0.25, 0.3) is 0 Å². The fourth-order valence-electron chi connectivity index (χ4n) is 3.46. The van der Waals surface area contributed by atoms with Crippen LogP contribution in [0.2, 0.25) is 5.02 Å². The zero-order chi connectivity index (χ0) is 20.2. The van der Waals surface area contributed by atoms with Crippen LogP contribution in [0.4, 0.5) is 13.2 Å². The second-order valence-electron chi connectivity index (χ2n) is 7.08. The maximum absolute atomic E-state index is 13.1. The molecule has 3 nitrogen and oxygen atoms in total. The molecule has 2 aromatic rings. The first-order valence-corrected chi connectivity index (χ1v) is 9.65. The van der Waals surface area contributed by atoms with E-state index in [1.165, 1.54) is 12.1 Å². The summed E-state index contributed by atoms with van der Waals surface area (Å²) >= 11 is 5.68. The van der Waals surface area contributed by atoms with E-state index in [-0.39, 0.29) is 10.6 Å². The largest absolute Gasteiger partial charge is 0.494 e. The van der Waals surface area contributed by atoms with Crippen molar-refractivity contribution in [1.82, 2.24) is 4.90 Å². The molecule has 1 fully saturated rings. The van der Waals surface area contributed by atoms with Crippen LogP contribution in [-0.4, -0.2) is 36.2 Å². The first kappa shape index (κ1) is 21.0. The van der Waals surface area contributed by atoms with Crippen molar-refractivity contribution >= 4 is 11.6 Å². The van der Waals surface area contributed by atoms with Gasteiger partial charge >= 0.3 is 6.18 Å². The average Bonchev–Trinajstić information content (AvgIpc) is 2.67. The van der Waals surface area contributed by atoms with Crippen LogP contribution >= 0.6 is 11.6 Å². The molecule has 0 saturated carbocycles. The van der Waals surface area contributed by atoms with Crippen LogP contribution in [0, 0.1) is 0 Å². The van der Waals surface area contributed by atoms with Gasteiger partial charge in [-0.15, -0.1) is 0 Å². The Bertz CT molecular complexity index is 775. The summed E-state index contributed by atoms with van der Waals surface area (Å²) in [4.78, 5) is 2.20. The lowest BCUT2D eigenvalue weighted by atomic mass is 9.83. The van der Waals surface area contributed by atoms with Crippen molar-refractivity contribution in [2.45, 2.75) is 31.0 Å². The lowest BCUT2D eigenvalue weighted by Gasteiger charge is -2.38. The molecule has 0 radical (unpaired) electrons. The van der Waals surface area contributed by atoms with Crippen molar-refractivity contribution in [3.8, 4) is 5.75 Å². The Labute approximate surface area is 167 Å². The molecular formula is C21H23ClF3NO2. The van der Waals surface area contributed by atoms with Gasteiger partial charge in [0.05, 0.1) is 22.8 Å². The summed E-state index contributed by atoms with van der Waals surface area (Å²) in [6.45, 7) is 2.64. The Morgan fingerprint density at radius 1 is 1.07 bits per heavy atom. The van der Waals surface area contributed by atoms with Crippen molar-refractivity contribution < 1.29 is 23.0 Å². The third-order valence-electron chi connectivity index (χ3n) is 5.12. The Morgan fingerprint density at radius 2 is 1.75 bits per heavy atom. The summed E-state index contributed by atoms with van der Waals surface area (Å²) in [6, 6.07) is 13.3. The van der Waals surface area contributed by atoms with Crippen molar-refractivity contribution in [2.75, 3.05) is 26.2 Å². The van der Waals surface area contributed by atoms with E-state index in [1.807, 2.05) is 30.3 Å². The summed E-state index contributed by atoms with van der Waals surface area (Å²) in [6.07, 6.45) is -2.94. The molecule has 3 rings (SSSR count). The highest BCUT2D eigenvalue weighted by Crippen LogP contribution is 2.39. The molecule has 0 unspecified atom stereocenters. The topological polar surface area (TPSA) is 32.7 Å². The maximum Gasteiger partial charge on any atom is 0.417 e. The van der Waals surface area contributed by atoms with E-state index >= 15 is 0 Å². The Kier molecular flexibility index (Phi) is 6.53. The van der Waals surface area contributed by atoms with Crippen LogP contribution < -0.4 is 4.74 Å². The Hall–Kier alpha value is -1.76. The van der Waals surface area contributed by atoms with Gasteiger partial charge in [-0.2, -0.15) is 13.2 Å². The molecule has 1 aliphatic rings. The monoisotopic (exact) mass is 413 g/mol. The van der Waals surface area contributed by atoms with Gasteiger partial charge in [0.15, 0.2) is 0 Å². The van der Waals surface area contributed by atoms with Gasteiger partial charge in [-0.1, -0.05) is 35.9 Å². The summed E-state index contributed by atoms with van der Waals surface area (Å²) in [5.74, 6) is 0.832. The third-order valence-corrected chi connectivity index (χ3v) is 5.45. The Balaban J connectivity index is 1.51. The minimum atomic E-state index is -4.54. The number of halogens is 4. The third kappa shape index (κ3) is 5.19. The summed E-state index contributed by atoms with van der Waals surface area (Å²) in [7, 11) is 0. The minimum Gasteiger partial charge on any atom is -0.494 e. The fourth-order valence-corrected chi connectivity index (χ4v) is 3.69. The molecule has 28 heavy (non-hydrogen) atoms. The molecule has 1 aliphatic heterocycles. The van der Waals surface area contributed by atoms with Crippen LogP contribution in [0.5, 0.6) is 5.75 Å². The molecule has 152 valence electrons.